The average Bonchev–Trinajstić information content (AvgIpc) is 2.54. The van der Waals surface area contributed by atoms with E-state index in [-0.39, 0.29) is 11.8 Å². The van der Waals surface area contributed by atoms with Crippen LogP contribution in [0, 0.1) is 0 Å². The molecule has 0 aliphatic rings. The molecule has 2 rings (SSSR count). The average molecular weight is 314 g/mol. The van der Waals surface area contributed by atoms with Gasteiger partial charge in [0.1, 0.15) is 11.5 Å². The number of benzene rings is 2. The molecule has 23 heavy (non-hydrogen) atoms. The lowest BCUT2D eigenvalue weighted by Crippen LogP contribution is -2.14. The van der Waals surface area contributed by atoms with Gasteiger partial charge in [-0.25, -0.2) is 0 Å². The quantitative estimate of drug-likeness (QED) is 0.889. The molecule has 6 heteroatoms. The molecule has 0 aliphatic carbocycles. The molecule has 0 heterocycles. The third-order valence-corrected chi connectivity index (χ3v) is 3.13. The summed E-state index contributed by atoms with van der Waals surface area (Å²) in [5.74, 6) is 0.486. The van der Waals surface area contributed by atoms with Crippen LogP contribution in [-0.2, 0) is 4.79 Å². The van der Waals surface area contributed by atoms with Crippen LogP contribution in [0.1, 0.15) is 17.3 Å². The van der Waals surface area contributed by atoms with E-state index >= 15 is 0 Å². The number of nitrogens with one attached hydrogen (secondary N) is 2. The predicted molar refractivity (Wildman–Crippen MR) is 88.2 cm³/mol. The molecule has 0 aliphatic heterocycles. The van der Waals surface area contributed by atoms with Gasteiger partial charge in [0.2, 0.25) is 5.91 Å². The minimum Gasteiger partial charge on any atom is -0.495 e. The van der Waals surface area contributed by atoms with E-state index in [1.54, 1.807) is 36.4 Å². The van der Waals surface area contributed by atoms with Gasteiger partial charge in [-0.15, -0.1) is 0 Å². The first kappa shape index (κ1) is 16.4. The van der Waals surface area contributed by atoms with E-state index in [1.165, 1.54) is 21.1 Å². The second-order valence-electron chi connectivity index (χ2n) is 4.75. The lowest BCUT2D eigenvalue weighted by molar-refractivity contribution is -0.114. The van der Waals surface area contributed by atoms with Gasteiger partial charge in [-0.1, -0.05) is 12.1 Å². The summed E-state index contributed by atoms with van der Waals surface area (Å²) in [6.07, 6.45) is 0. The zero-order valence-electron chi connectivity index (χ0n) is 13.2. The summed E-state index contributed by atoms with van der Waals surface area (Å²) < 4.78 is 10.4. The molecule has 0 fully saturated rings. The summed E-state index contributed by atoms with van der Waals surface area (Å²) >= 11 is 0. The first-order valence-electron chi connectivity index (χ1n) is 6.95. The van der Waals surface area contributed by atoms with Gasteiger partial charge in [0.25, 0.3) is 5.91 Å². The van der Waals surface area contributed by atoms with Crippen LogP contribution in [-0.4, -0.2) is 26.0 Å². The lowest BCUT2D eigenvalue weighted by atomic mass is 10.1. The molecule has 0 atom stereocenters. The highest BCUT2D eigenvalue weighted by Gasteiger charge is 2.13. The molecule has 120 valence electrons. The van der Waals surface area contributed by atoms with Crippen LogP contribution in [0.2, 0.25) is 0 Å². The second-order valence-corrected chi connectivity index (χ2v) is 4.75. The molecule has 0 radical (unpaired) electrons. The zero-order chi connectivity index (χ0) is 16.8. The van der Waals surface area contributed by atoms with Crippen molar-refractivity contribution in [2.24, 2.45) is 0 Å². The number of methoxy groups -OCH3 is 2. The highest BCUT2D eigenvalue weighted by molar-refractivity contribution is 6.06. The van der Waals surface area contributed by atoms with Gasteiger partial charge in [0.05, 0.1) is 25.6 Å². The summed E-state index contributed by atoms with van der Waals surface area (Å²) in [6, 6.07) is 11.9. The standard InChI is InChI=1S/C17H18N2O4/c1-11(20)18-14-10-12(8-9-16(14)23-3)17(21)19-13-6-4-5-7-15(13)22-2/h4-10H,1-3H3,(H,18,20)(H,19,21). The van der Waals surface area contributed by atoms with E-state index in [0.29, 0.717) is 28.4 Å². The van der Waals surface area contributed by atoms with E-state index in [4.69, 9.17) is 9.47 Å². The van der Waals surface area contributed by atoms with Crippen LogP contribution in [0.5, 0.6) is 11.5 Å². The Kier molecular flexibility index (Phi) is 5.19. The van der Waals surface area contributed by atoms with Gasteiger partial charge in [-0.05, 0) is 30.3 Å². The molecule has 0 saturated carbocycles. The van der Waals surface area contributed by atoms with Crippen molar-refractivity contribution in [3.8, 4) is 11.5 Å². The Bertz CT molecular complexity index is 728. The van der Waals surface area contributed by atoms with Crippen LogP contribution in [0.25, 0.3) is 0 Å². The minimum atomic E-state index is -0.316. The normalized spacial score (nSPS) is 9.87. The first-order valence-corrected chi connectivity index (χ1v) is 6.95. The molecule has 2 amide bonds. The molecular formula is C17H18N2O4. The fourth-order valence-electron chi connectivity index (χ4n) is 2.08. The number of para-hydroxylation sites is 2. The fraction of sp³-hybridized carbons (Fsp3) is 0.176. The van der Waals surface area contributed by atoms with Crippen molar-refractivity contribution in [1.29, 1.82) is 0 Å². The number of hydrogen-bond acceptors (Lipinski definition) is 4. The third kappa shape index (κ3) is 4.00. The van der Waals surface area contributed by atoms with Crippen molar-refractivity contribution in [3.63, 3.8) is 0 Å². The highest BCUT2D eigenvalue weighted by Crippen LogP contribution is 2.27. The topological polar surface area (TPSA) is 76.7 Å². The third-order valence-electron chi connectivity index (χ3n) is 3.13. The Morgan fingerprint density at radius 2 is 1.52 bits per heavy atom. The van der Waals surface area contributed by atoms with Gasteiger partial charge in [0.15, 0.2) is 0 Å². The van der Waals surface area contributed by atoms with Crippen LogP contribution in [0.3, 0.4) is 0 Å². The fourth-order valence-corrected chi connectivity index (χ4v) is 2.08. The van der Waals surface area contributed by atoms with E-state index in [9.17, 15) is 9.59 Å². The van der Waals surface area contributed by atoms with Gasteiger partial charge in [0, 0.05) is 12.5 Å². The number of amides is 2. The molecule has 2 aromatic carbocycles. The van der Waals surface area contributed by atoms with Crippen LogP contribution >= 0.6 is 0 Å². The minimum absolute atomic E-state index is 0.245. The van der Waals surface area contributed by atoms with Crippen molar-refractivity contribution in [1.82, 2.24) is 0 Å². The Labute approximate surface area is 134 Å². The number of rotatable bonds is 5. The van der Waals surface area contributed by atoms with E-state index in [1.807, 2.05) is 6.07 Å². The maximum Gasteiger partial charge on any atom is 0.255 e. The molecule has 2 aromatic rings. The predicted octanol–water partition coefficient (Wildman–Crippen LogP) is 2.91. The SMILES string of the molecule is COc1ccc(C(=O)Nc2ccccc2OC)cc1NC(C)=O. The van der Waals surface area contributed by atoms with Gasteiger partial charge >= 0.3 is 0 Å². The van der Waals surface area contributed by atoms with Crippen LogP contribution in [0.4, 0.5) is 11.4 Å². The van der Waals surface area contributed by atoms with E-state index < -0.39 is 0 Å². The van der Waals surface area contributed by atoms with Crippen molar-refractivity contribution in [2.75, 3.05) is 24.9 Å². The molecule has 0 unspecified atom stereocenters. The Morgan fingerprint density at radius 3 is 2.17 bits per heavy atom. The van der Waals surface area contributed by atoms with E-state index in [0.717, 1.165) is 0 Å². The van der Waals surface area contributed by atoms with Gasteiger partial charge in [-0.2, -0.15) is 0 Å². The summed E-state index contributed by atoms with van der Waals surface area (Å²) in [5, 5.41) is 5.42. The second kappa shape index (κ2) is 7.31. The Morgan fingerprint density at radius 1 is 0.870 bits per heavy atom. The number of anilines is 2. The maximum atomic E-state index is 12.4. The van der Waals surface area contributed by atoms with Crippen molar-refractivity contribution in [2.45, 2.75) is 6.92 Å². The molecule has 0 saturated heterocycles. The maximum absolute atomic E-state index is 12.4. The molecule has 2 N–H and O–H groups in total. The van der Waals surface area contributed by atoms with Gasteiger partial charge in [-0.3, -0.25) is 9.59 Å². The Hall–Kier alpha value is -3.02. The number of hydrogen-bond donors (Lipinski definition) is 2. The largest absolute Gasteiger partial charge is 0.495 e. The van der Waals surface area contributed by atoms with Crippen molar-refractivity contribution >= 4 is 23.2 Å². The van der Waals surface area contributed by atoms with E-state index in [2.05, 4.69) is 10.6 Å². The van der Waals surface area contributed by atoms with Gasteiger partial charge < -0.3 is 20.1 Å². The number of carbonyl (C=O) groups is 2. The molecule has 0 bridgehead atoms. The van der Waals surface area contributed by atoms with Crippen LogP contribution in [0.15, 0.2) is 42.5 Å². The Balaban J connectivity index is 2.27. The molecule has 0 aromatic heterocycles. The molecular weight excluding hydrogens is 296 g/mol. The monoisotopic (exact) mass is 314 g/mol. The number of carbonyl (C=O) groups excluding carboxylic acids is 2. The summed E-state index contributed by atoms with van der Waals surface area (Å²) in [6.45, 7) is 1.39. The van der Waals surface area contributed by atoms with Crippen molar-refractivity contribution in [3.05, 3.63) is 48.0 Å². The summed E-state index contributed by atoms with van der Waals surface area (Å²) in [5.41, 5.74) is 1.39. The lowest BCUT2D eigenvalue weighted by Gasteiger charge is -2.12. The smallest absolute Gasteiger partial charge is 0.255 e. The molecule has 0 spiro atoms. The summed E-state index contributed by atoms with van der Waals surface area (Å²) in [4.78, 5) is 23.7. The molecule has 6 nitrogen and oxygen atoms in total. The first-order chi connectivity index (χ1) is 11.0. The number of ether oxygens (including phenoxy) is 2. The highest BCUT2D eigenvalue weighted by atomic mass is 16.5. The van der Waals surface area contributed by atoms with Crippen molar-refractivity contribution < 1.29 is 19.1 Å². The van der Waals surface area contributed by atoms with Crippen LogP contribution < -0.4 is 20.1 Å². The zero-order valence-corrected chi connectivity index (χ0v) is 13.2. The summed E-state index contributed by atoms with van der Waals surface area (Å²) in [7, 11) is 3.03.